The van der Waals surface area contributed by atoms with Crippen molar-refractivity contribution in [2.45, 2.75) is 32.0 Å². The minimum atomic E-state index is -4.17. The molecule has 1 aliphatic heterocycles. The van der Waals surface area contributed by atoms with E-state index in [1.54, 1.807) is 14.1 Å². The third-order valence-corrected chi connectivity index (χ3v) is 3.45. The van der Waals surface area contributed by atoms with E-state index < -0.39 is 12.7 Å². The van der Waals surface area contributed by atoms with Crippen molar-refractivity contribution < 1.29 is 18.0 Å². The fourth-order valence-corrected chi connectivity index (χ4v) is 2.35. The summed E-state index contributed by atoms with van der Waals surface area (Å²) in [6.07, 6.45) is -3.23. The molecule has 134 valence electrons. The van der Waals surface area contributed by atoms with E-state index in [0.717, 1.165) is 0 Å². The van der Waals surface area contributed by atoms with Gasteiger partial charge >= 0.3 is 6.18 Å². The smallest absolute Gasteiger partial charge is 0.357 e. The summed E-state index contributed by atoms with van der Waals surface area (Å²) < 4.78 is 37.2. The average Bonchev–Trinajstić information content (AvgIpc) is 2.83. The zero-order valence-corrected chi connectivity index (χ0v) is 13.9. The van der Waals surface area contributed by atoms with Gasteiger partial charge in [0.2, 0.25) is 5.91 Å². The molecule has 0 aromatic rings. The van der Waals surface area contributed by atoms with Gasteiger partial charge in [-0.2, -0.15) is 13.2 Å². The first-order valence-electron chi connectivity index (χ1n) is 7.75. The van der Waals surface area contributed by atoms with E-state index in [4.69, 9.17) is 0 Å². The minimum Gasteiger partial charge on any atom is -0.357 e. The number of nitrogens with one attached hydrogen (secondary N) is 2. The van der Waals surface area contributed by atoms with Crippen molar-refractivity contribution in [2.24, 2.45) is 4.99 Å². The predicted molar refractivity (Wildman–Crippen MR) is 83.3 cm³/mol. The van der Waals surface area contributed by atoms with E-state index >= 15 is 0 Å². The van der Waals surface area contributed by atoms with Gasteiger partial charge in [-0.3, -0.25) is 14.7 Å². The van der Waals surface area contributed by atoms with Gasteiger partial charge in [0.25, 0.3) is 0 Å². The lowest BCUT2D eigenvalue weighted by Gasteiger charge is -2.19. The summed E-state index contributed by atoms with van der Waals surface area (Å²) in [5, 5.41) is 6.19. The zero-order chi connectivity index (χ0) is 17.5. The van der Waals surface area contributed by atoms with Crippen molar-refractivity contribution >= 4 is 11.9 Å². The number of carbonyl (C=O) groups excluding carboxylic acids is 1. The summed E-state index contributed by atoms with van der Waals surface area (Å²) in [4.78, 5) is 18.7. The minimum absolute atomic E-state index is 0.0122. The van der Waals surface area contributed by atoms with Crippen molar-refractivity contribution in [3.05, 3.63) is 0 Å². The Bertz CT molecular complexity index is 412. The Morgan fingerprint density at radius 1 is 1.39 bits per heavy atom. The molecular formula is C14H26F3N5O. The molecule has 1 amide bonds. The lowest BCUT2D eigenvalue weighted by atomic mass is 10.3. The lowest BCUT2D eigenvalue weighted by Crippen LogP contribution is -2.45. The van der Waals surface area contributed by atoms with Crippen LogP contribution >= 0.6 is 0 Å². The second-order valence-corrected chi connectivity index (χ2v) is 5.78. The Kier molecular flexibility index (Phi) is 7.60. The van der Waals surface area contributed by atoms with Gasteiger partial charge in [-0.1, -0.05) is 0 Å². The molecule has 0 spiro atoms. The molecule has 0 aliphatic carbocycles. The quantitative estimate of drug-likeness (QED) is 0.552. The SMILES string of the molecule is CCNC(=NCCC(=O)N(C)C)NC1CCN(CC(F)(F)F)C1. The normalized spacial score (nSPS) is 19.7. The molecule has 0 aromatic heterocycles. The number of carbonyl (C=O) groups is 1. The summed E-state index contributed by atoms with van der Waals surface area (Å²) in [6.45, 7) is 2.76. The lowest BCUT2D eigenvalue weighted by molar-refractivity contribution is -0.143. The molecule has 0 saturated carbocycles. The molecule has 23 heavy (non-hydrogen) atoms. The second-order valence-electron chi connectivity index (χ2n) is 5.78. The monoisotopic (exact) mass is 337 g/mol. The van der Waals surface area contributed by atoms with Crippen LogP contribution in [0.1, 0.15) is 19.8 Å². The number of amides is 1. The second kappa shape index (κ2) is 8.95. The van der Waals surface area contributed by atoms with Gasteiger partial charge in [0.1, 0.15) is 0 Å². The van der Waals surface area contributed by atoms with Gasteiger partial charge in [0.15, 0.2) is 5.96 Å². The highest BCUT2D eigenvalue weighted by Crippen LogP contribution is 2.19. The van der Waals surface area contributed by atoms with Crippen LogP contribution in [0.25, 0.3) is 0 Å². The third kappa shape index (κ3) is 8.06. The molecule has 9 heteroatoms. The molecule has 1 fully saturated rings. The van der Waals surface area contributed by atoms with Crippen molar-refractivity contribution in [1.82, 2.24) is 20.4 Å². The molecule has 1 saturated heterocycles. The van der Waals surface area contributed by atoms with E-state index in [9.17, 15) is 18.0 Å². The molecule has 2 N–H and O–H groups in total. The number of rotatable bonds is 6. The van der Waals surface area contributed by atoms with Crippen LogP contribution in [-0.2, 0) is 4.79 Å². The first-order chi connectivity index (χ1) is 10.7. The molecule has 0 bridgehead atoms. The largest absolute Gasteiger partial charge is 0.401 e. The Labute approximate surface area is 135 Å². The maximum absolute atomic E-state index is 12.4. The number of guanidine groups is 1. The third-order valence-electron chi connectivity index (χ3n) is 3.45. The molecule has 6 nitrogen and oxygen atoms in total. The van der Waals surface area contributed by atoms with E-state index in [2.05, 4.69) is 15.6 Å². The van der Waals surface area contributed by atoms with Crippen LogP contribution in [0, 0.1) is 0 Å². The van der Waals surface area contributed by atoms with Crippen LogP contribution < -0.4 is 10.6 Å². The number of hydrogen-bond acceptors (Lipinski definition) is 3. The van der Waals surface area contributed by atoms with Gasteiger partial charge in [-0.05, 0) is 13.3 Å². The van der Waals surface area contributed by atoms with Crippen LogP contribution in [0.3, 0.4) is 0 Å². The van der Waals surface area contributed by atoms with Gasteiger partial charge in [-0.25, -0.2) is 0 Å². The van der Waals surface area contributed by atoms with Gasteiger partial charge in [0, 0.05) is 46.2 Å². The Balaban J connectivity index is 2.45. The fourth-order valence-electron chi connectivity index (χ4n) is 2.35. The first kappa shape index (κ1) is 19.5. The van der Waals surface area contributed by atoms with Crippen LogP contribution in [0.5, 0.6) is 0 Å². The van der Waals surface area contributed by atoms with E-state index in [-0.39, 0.29) is 11.9 Å². The number of aliphatic imine (C=N–C) groups is 1. The topological polar surface area (TPSA) is 60.0 Å². The highest BCUT2D eigenvalue weighted by molar-refractivity contribution is 5.81. The maximum atomic E-state index is 12.4. The summed E-state index contributed by atoms with van der Waals surface area (Å²) >= 11 is 0. The zero-order valence-electron chi connectivity index (χ0n) is 13.9. The van der Waals surface area contributed by atoms with E-state index in [1.807, 2.05) is 6.92 Å². The summed E-state index contributed by atoms with van der Waals surface area (Å²) in [6, 6.07) is -0.0697. The molecule has 1 atom stereocenters. The molecular weight excluding hydrogens is 311 g/mol. The fraction of sp³-hybridized carbons (Fsp3) is 0.857. The van der Waals surface area contributed by atoms with Crippen LogP contribution in [0.15, 0.2) is 4.99 Å². The molecule has 1 heterocycles. The average molecular weight is 337 g/mol. The van der Waals surface area contributed by atoms with Crippen molar-refractivity contribution in [3.8, 4) is 0 Å². The summed E-state index contributed by atoms with van der Waals surface area (Å²) in [5.74, 6) is 0.528. The van der Waals surface area contributed by atoms with E-state index in [0.29, 0.717) is 45.0 Å². The van der Waals surface area contributed by atoms with Gasteiger partial charge < -0.3 is 15.5 Å². The highest BCUT2D eigenvalue weighted by atomic mass is 19.4. The Morgan fingerprint density at radius 3 is 2.65 bits per heavy atom. The predicted octanol–water partition coefficient (Wildman–Crippen LogP) is 0.656. The molecule has 0 radical (unpaired) electrons. The van der Waals surface area contributed by atoms with Crippen LogP contribution in [-0.4, -0.2) is 80.7 Å². The number of alkyl halides is 3. The standard InChI is InChI=1S/C14H26F3N5O/c1-4-18-13(19-7-5-12(23)21(2)3)20-11-6-8-22(9-11)10-14(15,16)17/h11H,4-10H2,1-3H3,(H2,18,19,20). The van der Waals surface area contributed by atoms with Crippen molar-refractivity contribution in [2.75, 3.05) is 46.8 Å². The number of halogens is 3. The number of likely N-dealkylation sites (tertiary alicyclic amines) is 1. The number of hydrogen-bond donors (Lipinski definition) is 2. The molecule has 1 unspecified atom stereocenters. The molecule has 0 aromatic carbocycles. The Morgan fingerprint density at radius 2 is 2.09 bits per heavy atom. The maximum Gasteiger partial charge on any atom is 0.401 e. The first-order valence-corrected chi connectivity index (χ1v) is 7.75. The van der Waals surface area contributed by atoms with Crippen LogP contribution in [0.2, 0.25) is 0 Å². The molecule has 1 rings (SSSR count). The highest BCUT2D eigenvalue weighted by Gasteiger charge is 2.34. The number of nitrogens with zero attached hydrogens (tertiary/aromatic N) is 3. The van der Waals surface area contributed by atoms with Crippen molar-refractivity contribution in [1.29, 1.82) is 0 Å². The van der Waals surface area contributed by atoms with Crippen molar-refractivity contribution in [3.63, 3.8) is 0 Å². The van der Waals surface area contributed by atoms with Gasteiger partial charge in [-0.15, -0.1) is 0 Å². The Hall–Kier alpha value is -1.51. The molecule has 1 aliphatic rings. The van der Waals surface area contributed by atoms with E-state index in [1.165, 1.54) is 9.80 Å². The van der Waals surface area contributed by atoms with Crippen LogP contribution in [0.4, 0.5) is 13.2 Å². The van der Waals surface area contributed by atoms with Gasteiger partial charge in [0.05, 0.1) is 13.1 Å². The summed E-state index contributed by atoms with van der Waals surface area (Å²) in [5.41, 5.74) is 0. The summed E-state index contributed by atoms with van der Waals surface area (Å²) in [7, 11) is 3.37.